The molecule has 1 aromatic carbocycles. The van der Waals surface area contributed by atoms with Crippen molar-refractivity contribution in [1.82, 2.24) is 0 Å². The lowest BCUT2D eigenvalue weighted by Gasteiger charge is -2.08. The first-order chi connectivity index (χ1) is 9.12. The van der Waals surface area contributed by atoms with E-state index in [0.29, 0.717) is 23.2 Å². The molecule has 0 saturated carbocycles. The van der Waals surface area contributed by atoms with Crippen molar-refractivity contribution in [2.24, 2.45) is 0 Å². The zero-order valence-electron chi connectivity index (χ0n) is 10.3. The van der Waals surface area contributed by atoms with Crippen LogP contribution >= 0.6 is 0 Å². The van der Waals surface area contributed by atoms with Crippen LogP contribution in [-0.2, 0) is 11.2 Å². The summed E-state index contributed by atoms with van der Waals surface area (Å²) in [7, 11) is 0. The third-order valence-electron chi connectivity index (χ3n) is 2.39. The molecule has 0 aromatic heterocycles. The average molecular weight is 258 g/mol. The van der Waals surface area contributed by atoms with Gasteiger partial charge in [-0.2, -0.15) is 0 Å². The van der Waals surface area contributed by atoms with Crippen LogP contribution in [0.25, 0.3) is 0 Å². The number of allylic oxidation sites excluding steroid dienone is 3. The first-order valence-corrected chi connectivity index (χ1v) is 5.55. The summed E-state index contributed by atoms with van der Waals surface area (Å²) in [4.78, 5) is 20.9. The fraction of sp³-hybridized carbons (Fsp3) is 0.0714. The molecule has 5 nitrogen and oxygen atoms in total. The van der Waals surface area contributed by atoms with Crippen molar-refractivity contribution in [3.8, 4) is 0 Å². The third kappa shape index (κ3) is 3.92. The second kappa shape index (κ2) is 6.90. The van der Waals surface area contributed by atoms with E-state index in [1.54, 1.807) is 30.4 Å². The first-order valence-electron chi connectivity index (χ1n) is 5.55. The van der Waals surface area contributed by atoms with Gasteiger partial charge in [-0.1, -0.05) is 19.2 Å². The van der Waals surface area contributed by atoms with E-state index in [9.17, 15) is 14.9 Å². The normalized spacial score (nSPS) is 10.6. The van der Waals surface area contributed by atoms with Crippen LogP contribution in [0.5, 0.6) is 0 Å². The molecule has 0 aliphatic rings. The van der Waals surface area contributed by atoms with Crippen molar-refractivity contribution in [2.75, 3.05) is 5.32 Å². The number of aldehydes is 1. The van der Waals surface area contributed by atoms with Crippen molar-refractivity contribution in [3.05, 3.63) is 71.0 Å². The molecule has 0 atom stereocenters. The molecule has 0 bridgehead atoms. The SMILES string of the molecule is C=C/C=C(\C=C)Nc1ccc([N+](=O)[O-])c(CC=O)c1. The van der Waals surface area contributed by atoms with Gasteiger partial charge in [0.2, 0.25) is 0 Å². The van der Waals surface area contributed by atoms with Crippen molar-refractivity contribution >= 4 is 17.7 Å². The monoisotopic (exact) mass is 258 g/mol. The molecular weight excluding hydrogens is 244 g/mol. The highest BCUT2D eigenvalue weighted by Gasteiger charge is 2.13. The van der Waals surface area contributed by atoms with Crippen LogP contribution < -0.4 is 5.32 Å². The maximum absolute atomic E-state index is 10.8. The fourth-order valence-corrected chi connectivity index (χ4v) is 1.55. The number of nitrogens with zero attached hydrogens (tertiary/aromatic N) is 1. The van der Waals surface area contributed by atoms with Crippen LogP contribution in [0.15, 0.2) is 55.3 Å². The summed E-state index contributed by atoms with van der Waals surface area (Å²) < 4.78 is 0. The number of hydrogen-bond acceptors (Lipinski definition) is 4. The van der Waals surface area contributed by atoms with Crippen LogP contribution in [0.4, 0.5) is 11.4 Å². The van der Waals surface area contributed by atoms with Gasteiger partial charge in [-0.05, 0) is 24.3 Å². The Hall–Kier alpha value is -2.69. The van der Waals surface area contributed by atoms with Gasteiger partial charge in [0, 0.05) is 29.4 Å². The highest BCUT2D eigenvalue weighted by atomic mass is 16.6. The van der Waals surface area contributed by atoms with Crippen LogP contribution in [0, 0.1) is 10.1 Å². The Morgan fingerprint density at radius 1 is 1.42 bits per heavy atom. The number of anilines is 1. The number of hydrogen-bond donors (Lipinski definition) is 1. The molecule has 0 spiro atoms. The molecule has 98 valence electrons. The van der Waals surface area contributed by atoms with Crippen molar-refractivity contribution in [1.29, 1.82) is 0 Å². The zero-order valence-corrected chi connectivity index (χ0v) is 10.3. The molecule has 0 radical (unpaired) electrons. The van der Waals surface area contributed by atoms with Gasteiger partial charge in [0.05, 0.1) is 4.92 Å². The lowest BCUT2D eigenvalue weighted by atomic mass is 10.1. The Labute approximate surface area is 111 Å². The Bertz CT molecular complexity index is 548. The van der Waals surface area contributed by atoms with Gasteiger partial charge >= 0.3 is 0 Å². The summed E-state index contributed by atoms with van der Waals surface area (Å²) >= 11 is 0. The second-order valence-corrected chi connectivity index (χ2v) is 3.66. The van der Waals surface area contributed by atoms with Gasteiger partial charge < -0.3 is 10.1 Å². The Morgan fingerprint density at radius 3 is 2.68 bits per heavy atom. The van der Waals surface area contributed by atoms with E-state index in [1.165, 1.54) is 6.07 Å². The molecule has 19 heavy (non-hydrogen) atoms. The molecule has 1 rings (SSSR count). The summed E-state index contributed by atoms with van der Waals surface area (Å²) in [5, 5.41) is 13.8. The van der Waals surface area contributed by atoms with E-state index in [-0.39, 0.29) is 12.1 Å². The molecule has 1 N–H and O–H groups in total. The summed E-state index contributed by atoms with van der Waals surface area (Å²) in [5.41, 5.74) is 1.66. The van der Waals surface area contributed by atoms with Crippen molar-refractivity contribution in [3.63, 3.8) is 0 Å². The molecule has 0 unspecified atom stereocenters. The maximum atomic E-state index is 10.8. The largest absolute Gasteiger partial charge is 0.356 e. The molecule has 0 saturated heterocycles. The highest BCUT2D eigenvalue weighted by Crippen LogP contribution is 2.23. The minimum Gasteiger partial charge on any atom is -0.356 e. The second-order valence-electron chi connectivity index (χ2n) is 3.66. The average Bonchev–Trinajstić information content (AvgIpc) is 2.38. The van der Waals surface area contributed by atoms with Gasteiger partial charge in [0.25, 0.3) is 5.69 Å². The molecule has 0 aliphatic heterocycles. The summed E-state index contributed by atoms with van der Waals surface area (Å²) in [6, 6.07) is 4.52. The standard InChI is InChI=1S/C14H14N2O3/c1-3-5-12(4-2)15-13-6-7-14(16(18)19)11(10-13)8-9-17/h3-7,9-10,15H,1-2,8H2/b12-5+. The molecule has 1 aromatic rings. The predicted octanol–water partition coefficient (Wildman–Crippen LogP) is 3.00. The van der Waals surface area contributed by atoms with E-state index in [2.05, 4.69) is 18.5 Å². The Morgan fingerprint density at radius 2 is 2.16 bits per heavy atom. The molecule has 5 heteroatoms. The number of rotatable bonds is 7. The van der Waals surface area contributed by atoms with Crippen molar-refractivity contribution in [2.45, 2.75) is 6.42 Å². The molecule has 0 amide bonds. The maximum Gasteiger partial charge on any atom is 0.273 e. The Balaban J connectivity index is 3.10. The fourth-order valence-electron chi connectivity index (χ4n) is 1.55. The third-order valence-corrected chi connectivity index (χ3v) is 2.39. The van der Waals surface area contributed by atoms with Gasteiger partial charge in [-0.15, -0.1) is 0 Å². The zero-order chi connectivity index (χ0) is 14.3. The topological polar surface area (TPSA) is 72.2 Å². The number of carbonyl (C=O) groups is 1. The number of nitrogens with one attached hydrogen (secondary N) is 1. The van der Waals surface area contributed by atoms with E-state index >= 15 is 0 Å². The number of benzene rings is 1. The van der Waals surface area contributed by atoms with E-state index in [1.807, 2.05) is 0 Å². The van der Waals surface area contributed by atoms with Crippen molar-refractivity contribution < 1.29 is 9.72 Å². The van der Waals surface area contributed by atoms with E-state index in [4.69, 9.17) is 0 Å². The van der Waals surface area contributed by atoms with E-state index < -0.39 is 4.92 Å². The summed E-state index contributed by atoms with van der Waals surface area (Å²) in [6.07, 6.45) is 5.55. The van der Waals surface area contributed by atoms with Gasteiger partial charge in [-0.25, -0.2) is 0 Å². The number of nitro benzene ring substituents is 1. The lowest BCUT2D eigenvalue weighted by molar-refractivity contribution is -0.385. The summed E-state index contributed by atoms with van der Waals surface area (Å²) in [5.74, 6) is 0. The van der Waals surface area contributed by atoms with Gasteiger partial charge in [-0.3, -0.25) is 10.1 Å². The molecule has 0 fully saturated rings. The van der Waals surface area contributed by atoms with Crippen LogP contribution in [0.3, 0.4) is 0 Å². The first kappa shape index (κ1) is 14.4. The molecule has 0 heterocycles. The van der Waals surface area contributed by atoms with Crippen LogP contribution in [0.1, 0.15) is 5.56 Å². The molecular formula is C14H14N2O3. The minimum absolute atomic E-state index is 0.000425. The van der Waals surface area contributed by atoms with Crippen LogP contribution in [-0.4, -0.2) is 11.2 Å². The van der Waals surface area contributed by atoms with Gasteiger partial charge in [0.1, 0.15) is 6.29 Å². The summed E-state index contributed by atoms with van der Waals surface area (Å²) in [6.45, 7) is 7.21. The lowest BCUT2D eigenvalue weighted by Crippen LogP contribution is -2.00. The van der Waals surface area contributed by atoms with Crippen LogP contribution in [0.2, 0.25) is 0 Å². The number of nitro groups is 1. The number of carbonyl (C=O) groups excluding carboxylic acids is 1. The minimum atomic E-state index is -0.503. The molecule has 0 aliphatic carbocycles. The smallest absolute Gasteiger partial charge is 0.273 e. The highest BCUT2D eigenvalue weighted by molar-refractivity contribution is 5.64. The Kier molecular flexibility index (Phi) is 5.22. The quantitative estimate of drug-likeness (QED) is 0.353. The predicted molar refractivity (Wildman–Crippen MR) is 75.0 cm³/mol. The van der Waals surface area contributed by atoms with Gasteiger partial charge in [0.15, 0.2) is 0 Å². The van der Waals surface area contributed by atoms with E-state index in [0.717, 1.165) is 0 Å².